The van der Waals surface area contributed by atoms with E-state index in [1.54, 1.807) is 29.2 Å². The molecular weight excluding hydrogens is 244 g/mol. The molecule has 0 aliphatic rings. The Balaban J connectivity index is 2.34. The van der Waals surface area contributed by atoms with Crippen molar-refractivity contribution in [2.45, 2.75) is 19.8 Å². The minimum atomic E-state index is -0.00937. The van der Waals surface area contributed by atoms with Crippen molar-refractivity contribution in [3.05, 3.63) is 24.3 Å². The van der Waals surface area contributed by atoms with E-state index in [1.165, 1.54) is 0 Å². The van der Waals surface area contributed by atoms with Crippen LogP contribution in [-0.2, 0) is 4.79 Å². The van der Waals surface area contributed by atoms with Gasteiger partial charge in [-0.2, -0.15) is 0 Å². The van der Waals surface area contributed by atoms with Crippen LogP contribution in [0, 0.1) is 0 Å². The van der Waals surface area contributed by atoms with E-state index in [1.807, 2.05) is 6.92 Å². The lowest BCUT2D eigenvalue weighted by atomic mass is 10.3. The lowest BCUT2D eigenvalue weighted by Crippen LogP contribution is -2.35. The second-order valence-corrected chi connectivity index (χ2v) is 4.27. The minimum absolute atomic E-state index is 0.00588. The molecule has 0 heterocycles. The van der Waals surface area contributed by atoms with Crippen molar-refractivity contribution in [2.24, 2.45) is 0 Å². The van der Waals surface area contributed by atoms with E-state index in [9.17, 15) is 4.79 Å². The zero-order valence-electron chi connectivity index (χ0n) is 11.3. The second-order valence-electron chi connectivity index (χ2n) is 4.27. The average molecular weight is 266 g/mol. The number of amides is 1. The number of benzene rings is 1. The van der Waals surface area contributed by atoms with Crippen LogP contribution in [0.2, 0.25) is 0 Å². The maximum Gasteiger partial charge on any atom is 0.226 e. The van der Waals surface area contributed by atoms with Crippen LogP contribution >= 0.6 is 0 Å². The molecule has 1 rings (SSSR count). The molecule has 19 heavy (non-hydrogen) atoms. The van der Waals surface area contributed by atoms with Crippen LogP contribution in [0.15, 0.2) is 24.3 Å². The predicted octanol–water partition coefficient (Wildman–Crippen LogP) is 1.27. The van der Waals surface area contributed by atoms with Gasteiger partial charge < -0.3 is 20.5 Å². The summed E-state index contributed by atoms with van der Waals surface area (Å²) in [6, 6.07) is 7.06. The number of ether oxygens (including phenoxy) is 1. The summed E-state index contributed by atoms with van der Waals surface area (Å²) in [6.07, 6.45) is 1.19. The summed E-state index contributed by atoms with van der Waals surface area (Å²) in [6.45, 7) is 3.37. The summed E-state index contributed by atoms with van der Waals surface area (Å²) in [5.74, 6) is 0.706. The van der Waals surface area contributed by atoms with Crippen LogP contribution in [0.1, 0.15) is 19.8 Å². The molecule has 106 valence electrons. The number of rotatable bonds is 8. The molecule has 1 amide bonds. The Morgan fingerprint density at radius 2 is 2.00 bits per heavy atom. The lowest BCUT2D eigenvalue weighted by molar-refractivity contribution is -0.132. The summed E-state index contributed by atoms with van der Waals surface area (Å²) in [7, 11) is 0. The number of nitrogens with two attached hydrogens (primary N) is 1. The van der Waals surface area contributed by atoms with E-state index >= 15 is 0 Å². The number of carbonyl (C=O) groups excluding carboxylic acids is 1. The molecule has 1 aromatic carbocycles. The third-order valence-corrected chi connectivity index (χ3v) is 2.68. The van der Waals surface area contributed by atoms with E-state index in [0.29, 0.717) is 37.6 Å². The normalized spacial score (nSPS) is 10.2. The number of nitrogen functional groups attached to an aromatic ring is 1. The number of carbonyl (C=O) groups is 1. The lowest BCUT2D eigenvalue weighted by Gasteiger charge is -2.21. The first kappa shape index (κ1) is 15.3. The molecule has 0 fully saturated rings. The van der Waals surface area contributed by atoms with Crippen molar-refractivity contribution in [1.29, 1.82) is 0 Å². The molecule has 1 aromatic rings. The highest BCUT2D eigenvalue weighted by atomic mass is 16.5. The second kappa shape index (κ2) is 8.37. The van der Waals surface area contributed by atoms with Crippen LogP contribution in [0.3, 0.4) is 0 Å². The SMILES string of the molecule is CCCN(CCO)C(=O)CCOc1ccc(N)cc1. The van der Waals surface area contributed by atoms with E-state index in [-0.39, 0.29) is 12.5 Å². The van der Waals surface area contributed by atoms with Crippen molar-refractivity contribution in [3.8, 4) is 5.75 Å². The van der Waals surface area contributed by atoms with E-state index in [2.05, 4.69) is 0 Å². The van der Waals surface area contributed by atoms with Gasteiger partial charge in [-0.15, -0.1) is 0 Å². The highest BCUT2D eigenvalue weighted by molar-refractivity contribution is 5.76. The largest absolute Gasteiger partial charge is 0.493 e. The molecule has 5 nitrogen and oxygen atoms in total. The summed E-state index contributed by atoms with van der Waals surface area (Å²) in [5.41, 5.74) is 6.25. The van der Waals surface area contributed by atoms with Gasteiger partial charge in [-0.3, -0.25) is 4.79 Å². The van der Waals surface area contributed by atoms with Crippen molar-refractivity contribution in [2.75, 3.05) is 32.0 Å². The highest BCUT2D eigenvalue weighted by Crippen LogP contribution is 2.13. The van der Waals surface area contributed by atoms with E-state index < -0.39 is 0 Å². The zero-order chi connectivity index (χ0) is 14.1. The summed E-state index contributed by atoms with van der Waals surface area (Å²) < 4.78 is 5.47. The van der Waals surface area contributed by atoms with Crippen molar-refractivity contribution < 1.29 is 14.6 Å². The highest BCUT2D eigenvalue weighted by Gasteiger charge is 2.11. The standard InChI is InChI=1S/C14H22N2O3/c1-2-8-16(9-10-17)14(18)7-11-19-13-5-3-12(15)4-6-13/h3-6,17H,2,7-11,15H2,1H3. The minimum Gasteiger partial charge on any atom is -0.493 e. The van der Waals surface area contributed by atoms with Crippen LogP contribution in [0.4, 0.5) is 5.69 Å². The molecule has 0 aliphatic heterocycles. The van der Waals surface area contributed by atoms with Gasteiger partial charge >= 0.3 is 0 Å². The number of nitrogens with zero attached hydrogens (tertiary/aromatic N) is 1. The molecule has 5 heteroatoms. The quantitative estimate of drug-likeness (QED) is 0.695. The fourth-order valence-corrected chi connectivity index (χ4v) is 1.73. The molecular formula is C14H22N2O3. The third kappa shape index (κ3) is 5.61. The first-order valence-electron chi connectivity index (χ1n) is 6.54. The van der Waals surface area contributed by atoms with Gasteiger partial charge in [0.05, 0.1) is 19.6 Å². The van der Waals surface area contributed by atoms with Gasteiger partial charge in [0.25, 0.3) is 0 Å². The molecule has 0 bridgehead atoms. The van der Waals surface area contributed by atoms with Crippen LogP contribution in [0.5, 0.6) is 5.75 Å². The van der Waals surface area contributed by atoms with Crippen molar-refractivity contribution >= 4 is 11.6 Å². The Morgan fingerprint density at radius 1 is 1.32 bits per heavy atom. The molecule has 0 saturated carbocycles. The summed E-state index contributed by atoms with van der Waals surface area (Å²) >= 11 is 0. The molecule has 0 unspecified atom stereocenters. The fraction of sp³-hybridized carbons (Fsp3) is 0.500. The van der Waals surface area contributed by atoms with Crippen LogP contribution in [0.25, 0.3) is 0 Å². The van der Waals surface area contributed by atoms with Gasteiger partial charge in [0, 0.05) is 18.8 Å². The van der Waals surface area contributed by atoms with E-state index in [0.717, 1.165) is 6.42 Å². The molecule has 0 spiro atoms. The molecule has 0 saturated heterocycles. The molecule has 0 aromatic heterocycles. The Hall–Kier alpha value is -1.75. The third-order valence-electron chi connectivity index (χ3n) is 2.68. The molecule has 0 aliphatic carbocycles. The number of anilines is 1. The maximum atomic E-state index is 11.9. The number of hydrogen-bond acceptors (Lipinski definition) is 4. The van der Waals surface area contributed by atoms with Crippen molar-refractivity contribution in [1.82, 2.24) is 4.90 Å². The van der Waals surface area contributed by atoms with Gasteiger partial charge in [0.1, 0.15) is 5.75 Å². The van der Waals surface area contributed by atoms with Gasteiger partial charge in [-0.05, 0) is 30.7 Å². The van der Waals surface area contributed by atoms with Gasteiger partial charge in [-0.25, -0.2) is 0 Å². The Kier molecular flexibility index (Phi) is 6.74. The smallest absolute Gasteiger partial charge is 0.226 e. The first-order valence-corrected chi connectivity index (χ1v) is 6.54. The summed E-state index contributed by atoms with van der Waals surface area (Å²) in [4.78, 5) is 13.5. The van der Waals surface area contributed by atoms with E-state index in [4.69, 9.17) is 15.6 Å². The average Bonchev–Trinajstić information content (AvgIpc) is 2.40. The number of hydrogen-bond donors (Lipinski definition) is 2. The Bertz CT molecular complexity index is 373. The van der Waals surface area contributed by atoms with Crippen molar-refractivity contribution in [3.63, 3.8) is 0 Å². The van der Waals surface area contributed by atoms with Gasteiger partial charge in [0.2, 0.25) is 5.91 Å². The van der Waals surface area contributed by atoms with Gasteiger partial charge in [-0.1, -0.05) is 6.92 Å². The Labute approximate surface area is 114 Å². The van der Waals surface area contributed by atoms with Gasteiger partial charge in [0.15, 0.2) is 0 Å². The monoisotopic (exact) mass is 266 g/mol. The summed E-state index contributed by atoms with van der Waals surface area (Å²) in [5, 5.41) is 8.90. The molecule has 3 N–H and O–H groups in total. The fourth-order valence-electron chi connectivity index (χ4n) is 1.73. The topological polar surface area (TPSA) is 75.8 Å². The molecule has 0 radical (unpaired) electrons. The first-order chi connectivity index (χ1) is 9.17. The number of aliphatic hydroxyl groups is 1. The maximum absolute atomic E-state index is 11.9. The Morgan fingerprint density at radius 3 is 2.58 bits per heavy atom. The zero-order valence-corrected chi connectivity index (χ0v) is 11.3. The predicted molar refractivity (Wildman–Crippen MR) is 74.9 cm³/mol. The molecule has 0 atom stereocenters. The van der Waals surface area contributed by atoms with Crippen LogP contribution in [-0.4, -0.2) is 42.2 Å². The van der Waals surface area contributed by atoms with Crippen LogP contribution < -0.4 is 10.5 Å². The number of aliphatic hydroxyl groups excluding tert-OH is 1.